The van der Waals surface area contributed by atoms with Crippen molar-refractivity contribution in [3.8, 4) is 11.8 Å². The summed E-state index contributed by atoms with van der Waals surface area (Å²) in [5, 5.41) is 18.3. The summed E-state index contributed by atoms with van der Waals surface area (Å²) in [6.45, 7) is 1.31. The highest BCUT2D eigenvalue weighted by atomic mass is 35.5. The molecule has 1 aliphatic heterocycles. The molecule has 1 aliphatic rings. The SMILES string of the molecule is C[C@](N)(C#N)COc1c(F)cc2c(c1Cl)B(O)OC2. The van der Waals surface area contributed by atoms with Crippen molar-refractivity contribution in [1.82, 2.24) is 0 Å². The van der Waals surface area contributed by atoms with Gasteiger partial charge < -0.3 is 20.1 Å². The lowest BCUT2D eigenvalue weighted by Crippen LogP contribution is -2.41. The van der Waals surface area contributed by atoms with Crippen molar-refractivity contribution in [2.75, 3.05) is 6.61 Å². The molecule has 0 bridgehead atoms. The lowest BCUT2D eigenvalue weighted by molar-refractivity contribution is 0.254. The number of benzene rings is 1. The average molecular weight is 284 g/mol. The van der Waals surface area contributed by atoms with Crippen molar-refractivity contribution < 1.29 is 18.8 Å². The van der Waals surface area contributed by atoms with Gasteiger partial charge in [0.1, 0.15) is 12.1 Å². The number of hydrogen-bond acceptors (Lipinski definition) is 5. The summed E-state index contributed by atoms with van der Waals surface area (Å²) >= 11 is 6.00. The van der Waals surface area contributed by atoms with Crippen LogP contribution in [0, 0.1) is 17.1 Å². The lowest BCUT2D eigenvalue weighted by Gasteiger charge is -2.18. The molecular formula is C11H11BClFN2O3. The van der Waals surface area contributed by atoms with Gasteiger partial charge in [0.25, 0.3) is 0 Å². The average Bonchev–Trinajstić information content (AvgIpc) is 2.70. The molecule has 0 unspecified atom stereocenters. The van der Waals surface area contributed by atoms with Gasteiger partial charge in [0.15, 0.2) is 11.6 Å². The molecule has 0 saturated carbocycles. The van der Waals surface area contributed by atoms with Gasteiger partial charge in [-0.2, -0.15) is 5.26 Å². The predicted molar refractivity (Wildman–Crippen MR) is 67.5 cm³/mol. The van der Waals surface area contributed by atoms with Crippen LogP contribution in [0.1, 0.15) is 12.5 Å². The predicted octanol–water partition coefficient (Wildman–Crippen LogP) is 0.317. The summed E-state index contributed by atoms with van der Waals surface area (Å²) in [7, 11) is -1.20. The molecule has 1 heterocycles. The Morgan fingerprint density at radius 2 is 2.47 bits per heavy atom. The largest absolute Gasteiger partial charge is 0.493 e. The van der Waals surface area contributed by atoms with Gasteiger partial charge in [-0.05, 0) is 18.6 Å². The van der Waals surface area contributed by atoms with Gasteiger partial charge >= 0.3 is 7.12 Å². The minimum atomic E-state index is -1.26. The van der Waals surface area contributed by atoms with E-state index in [2.05, 4.69) is 0 Å². The fraction of sp³-hybridized carbons (Fsp3) is 0.364. The second kappa shape index (κ2) is 4.98. The van der Waals surface area contributed by atoms with E-state index in [0.29, 0.717) is 5.56 Å². The molecule has 0 fully saturated rings. The number of halogens is 2. The summed E-state index contributed by atoms with van der Waals surface area (Å²) < 4.78 is 24.0. The van der Waals surface area contributed by atoms with Gasteiger partial charge in [0.05, 0.1) is 17.7 Å². The number of rotatable bonds is 3. The Morgan fingerprint density at radius 1 is 1.79 bits per heavy atom. The highest BCUT2D eigenvalue weighted by Gasteiger charge is 2.34. The molecule has 0 aromatic heterocycles. The molecule has 0 radical (unpaired) electrons. The van der Waals surface area contributed by atoms with E-state index in [-0.39, 0.29) is 29.4 Å². The number of nitriles is 1. The summed E-state index contributed by atoms with van der Waals surface area (Å²) in [6.07, 6.45) is 0. The second-order valence-electron chi connectivity index (χ2n) is 4.56. The fourth-order valence-corrected chi connectivity index (χ4v) is 2.05. The molecule has 3 N–H and O–H groups in total. The molecule has 0 spiro atoms. The molecule has 0 amide bonds. The second-order valence-corrected chi connectivity index (χ2v) is 4.93. The van der Waals surface area contributed by atoms with E-state index in [1.165, 1.54) is 13.0 Å². The standard InChI is InChI=1S/C11H11BClFN2O3/c1-11(16,4-15)5-18-10-7(14)2-6-3-19-12(17)8(6)9(10)13/h2,17H,3,5,16H2,1H3/t11-/m0/s1. The van der Waals surface area contributed by atoms with Crippen LogP contribution in [0.2, 0.25) is 5.02 Å². The molecule has 0 aliphatic carbocycles. The maximum absolute atomic E-state index is 13.8. The molecular weight excluding hydrogens is 273 g/mol. The van der Waals surface area contributed by atoms with E-state index in [0.717, 1.165) is 0 Å². The third-order valence-electron chi connectivity index (χ3n) is 2.72. The summed E-state index contributed by atoms with van der Waals surface area (Å²) in [4.78, 5) is 0. The lowest BCUT2D eigenvalue weighted by atomic mass is 9.79. The van der Waals surface area contributed by atoms with E-state index in [1.807, 2.05) is 6.07 Å². The molecule has 5 nitrogen and oxygen atoms in total. The Morgan fingerprint density at radius 3 is 3.11 bits per heavy atom. The Kier molecular flexibility index (Phi) is 3.70. The third-order valence-corrected chi connectivity index (χ3v) is 3.09. The molecule has 100 valence electrons. The summed E-state index contributed by atoms with van der Waals surface area (Å²) in [6, 6.07) is 3.01. The highest BCUT2D eigenvalue weighted by Crippen LogP contribution is 2.31. The molecule has 1 aromatic rings. The molecule has 1 aromatic carbocycles. The first-order chi connectivity index (χ1) is 8.85. The quantitative estimate of drug-likeness (QED) is 0.780. The van der Waals surface area contributed by atoms with Crippen LogP contribution in [0.5, 0.6) is 5.75 Å². The Hall–Kier alpha value is -1.33. The first kappa shape index (κ1) is 14.1. The smallest absolute Gasteiger partial charge is 0.486 e. The highest BCUT2D eigenvalue weighted by molar-refractivity contribution is 6.65. The maximum Gasteiger partial charge on any atom is 0.493 e. The monoisotopic (exact) mass is 284 g/mol. The van der Waals surface area contributed by atoms with Crippen molar-refractivity contribution in [1.29, 1.82) is 5.26 Å². The molecule has 8 heteroatoms. The van der Waals surface area contributed by atoms with Crippen LogP contribution in [0.15, 0.2) is 6.07 Å². The first-order valence-corrected chi connectivity index (χ1v) is 5.87. The number of ether oxygens (including phenoxy) is 1. The minimum Gasteiger partial charge on any atom is -0.486 e. The maximum atomic E-state index is 13.8. The van der Waals surface area contributed by atoms with E-state index in [1.54, 1.807) is 0 Å². The summed E-state index contributed by atoms with van der Waals surface area (Å²) in [5.41, 5.74) is 5.07. The van der Waals surface area contributed by atoms with Crippen LogP contribution in [0.25, 0.3) is 0 Å². The third kappa shape index (κ3) is 2.67. The fourth-order valence-electron chi connectivity index (χ4n) is 1.69. The zero-order valence-corrected chi connectivity index (χ0v) is 10.9. The van der Waals surface area contributed by atoms with Crippen molar-refractivity contribution >= 4 is 24.2 Å². The van der Waals surface area contributed by atoms with Crippen molar-refractivity contribution in [3.63, 3.8) is 0 Å². The van der Waals surface area contributed by atoms with Crippen LogP contribution in [-0.2, 0) is 11.3 Å². The van der Waals surface area contributed by atoms with Crippen molar-refractivity contribution in [3.05, 3.63) is 22.5 Å². The number of fused-ring (bicyclic) bond motifs is 1. The molecule has 0 saturated heterocycles. The van der Waals surface area contributed by atoms with Crippen LogP contribution in [-0.4, -0.2) is 24.3 Å². The van der Waals surface area contributed by atoms with Crippen LogP contribution in [0.4, 0.5) is 4.39 Å². The van der Waals surface area contributed by atoms with Gasteiger partial charge in [-0.1, -0.05) is 11.6 Å². The zero-order valence-electron chi connectivity index (χ0n) is 10.1. The number of hydrogen-bond donors (Lipinski definition) is 2. The topological polar surface area (TPSA) is 88.5 Å². The molecule has 19 heavy (non-hydrogen) atoms. The Bertz CT molecular complexity index is 562. The van der Waals surface area contributed by atoms with E-state index < -0.39 is 18.5 Å². The van der Waals surface area contributed by atoms with Crippen molar-refractivity contribution in [2.45, 2.75) is 19.1 Å². The number of nitrogens with zero attached hydrogens (tertiary/aromatic N) is 1. The molecule has 2 rings (SSSR count). The zero-order chi connectivity index (χ0) is 14.2. The van der Waals surface area contributed by atoms with Gasteiger partial charge in [-0.3, -0.25) is 0 Å². The Labute approximate surface area is 114 Å². The van der Waals surface area contributed by atoms with Gasteiger partial charge in [0, 0.05) is 5.46 Å². The van der Waals surface area contributed by atoms with Crippen LogP contribution >= 0.6 is 11.6 Å². The first-order valence-electron chi connectivity index (χ1n) is 5.49. The normalized spacial score (nSPS) is 16.7. The van der Waals surface area contributed by atoms with Crippen LogP contribution < -0.4 is 15.9 Å². The van der Waals surface area contributed by atoms with E-state index in [4.69, 9.17) is 32.0 Å². The van der Waals surface area contributed by atoms with Crippen molar-refractivity contribution in [2.24, 2.45) is 5.73 Å². The van der Waals surface area contributed by atoms with Crippen LogP contribution in [0.3, 0.4) is 0 Å². The summed E-state index contributed by atoms with van der Waals surface area (Å²) in [5.74, 6) is -0.924. The number of nitrogens with two attached hydrogens (primary N) is 1. The van der Waals surface area contributed by atoms with E-state index >= 15 is 0 Å². The van der Waals surface area contributed by atoms with Gasteiger partial charge in [-0.15, -0.1) is 0 Å². The molecule has 1 atom stereocenters. The minimum absolute atomic E-state index is 0.0614. The van der Waals surface area contributed by atoms with Gasteiger partial charge in [0.2, 0.25) is 0 Å². The Balaban J connectivity index is 2.32. The van der Waals surface area contributed by atoms with E-state index in [9.17, 15) is 9.41 Å². The van der Waals surface area contributed by atoms with Gasteiger partial charge in [-0.25, -0.2) is 4.39 Å².